The number of rotatable bonds is 6. The molecule has 3 heterocycles. The maximum atomic E-state index is 12.5. The van der Waals surface area contributed by atoms with Gasteiger partial charge in [0.2, 0.25) is 5.91 Å². The molecule has 9 heteroatoms. The summed E-state index contributed by atoms with van der Waals surface area (Å²) in [6.45, 7) is 3.66. The van der Waals surface area contributed by atoms with Crippen molar-refractivity contribution in [2.45, 2.75) is 38.8 Å². The molecule has 8 nitrogen and oxygen atoms in total. The van der Waals surface area contributed by atoms with Crippen LogP contribution in [0, 0.1) is 11.7 Å². The van der Waals surface area contributed by atoms with Gasteiger partial charge in [0.1, 0.15) is 0 Å². The normalized spacial score (nSPS) is 14.5. The zero-order valence-corrected chi connectivity index (χ0v) is 18.2. The number of piperidine rings is 1. The summed E-state index contributed by atoms with van der Waals surface area (Å²) >= 11 is 5.35. The van der Waals surface area contributed by atoms with Crippen molar-refractivity contribution in [3.8, 4) is 11.4 Å². The number of hydrogen-bond acceptors (Lipinski definition) is 5. The Balaban J connectivity index is 1.29. The second-order valence-electron chi connectivity index (χ2n) is 7.73. The van der Waals surface area contributed by atoms with Crippen molar-refractivity contribution in [2.75, 3.05) is 13.1 Å². The topological polar surface area (TPSA) is 96.2 Å². The maximum absolute atomic E-state index is 12.5. The molecule has 0 unspecified atom stereocenters. The van der Waals surface area contributed by atoms with E-state index < -0.39 is 0 Å². The number of hydrogen-bond donors (Lipinski definition) is 2. The molecular weight excluding hydrogens is 414 g/mol. The second kappa shape index (κ2) is 9.30. The molecule has 1 aromatic carbocycles. The average Bonchev–Trinajstić information content (AvgIpc) is 3.43. The van der Waals surface area contributed by atoms with E-state index in [0.29, 0.717) is 36.6 Å². The van der Waals surface area contributed by atoms with E-state index in [0.717, 1.165) is 24.2 Å². The molecule has 3 aromatic rings. The van der Waals surface area contributed by atoms with Gasteiger partial charge in [0.15, 0.2) is 16.4 Å². The Morgan fingerprint density at radius 1 is 1.23 bits per heavy atom. The standard InChI is InChI=1S/C22H25N5O3S/c1-15-4-6-16(7-5-15)20-24-25-22(31)27(20)13-10-19(28)23-17-8-11-26(12-9-17)21(29)18-3-2-14-30-18/h2-7,14,17H,8-13H2,1H3,(H,23,28)(H,25,31). The second-order valence-corrected chi connectivity index (χ2v) is 8.12. The number of benzene rings is 1. The third kappa shape index (κ3) is 4.93. The van der Waals surface area contributed by atoms with Gasteiger partial charge in [-0.15, -0.1) is 0 Å². The fraction of sp³-hybridized carbons (Fsp3) is 0.364. The number of aromatic nitrogens is 3. The number of nitrogens with zero attached hydrogens (tertiary/aromatic N) is 3. The van der Waals surface area contributed by atoms with Gasteiger partial charge in [0.05, 0.1) is 6.26 Å². The summed E-state index contributed by atoms with van der Waals surface area (Å²) in [6.07, 6.45) is 3.24. The Labute approximate surface area is 185 Å². The van der Waals surface area contributed by atoms with Gasteiger partial charge >= 0.3 is 0 Å². The van der Waals surface area contributed by atoms with Crippen molar-refractivity contribution in [3.63, 3.8) is 0 Å². The van der Waals surface area contributed by atoms with Crippen LogP contribution < -0.4 is 5.32 Å². The van der Waals surface area contributed by atoms with E-state index in [1.165, 1.54) is 11.8 Å². The number of carbonyl (C=O) groups is 2. The van der Waals surface area contributed by atoms with E-state index in [9.17, 15) is 9.59 Å². The number of H-pyrrole nitrogens is 1. The first-order valence-electron chi connectivity index (χ1n) is 10.4. The summed E-state index contributed by atoms with van der Waals surface area (Å²) in [5, 5.41) is 10.2. The number of amides is 2. The van der Waals surface area contributed by atoms with Crippen molar-refractivity contribution in [1.82, 2.24) is 25.0 Å². The van der Waals surface area contributed by atoms with Gasteiger partial charge < -0.3 is 14.6 Å². The van der Waals surface area contributed by atoms with Crippen LogP contribution in [-0.2, 0) is 11.3 Å². The number of furan rings is 1. The molecule has 1 aliphatic rings. The van der Waals surface area contributed by atoms with Crippen LogP contribution in [0.5, 0.6) is 0 Å². The molecule has 0 spiro atoms. The van der Waals surface area contributed by atoms with Gasteiger partial charge in [-0.25, -0.2) is 0 Å². The fourth-order valence-electron chi connectivity index (χ4n) is 3.74. The van der Waals surface area contributed by atoms with Crippen LogP contribution in [0.1, 0.15) is 35.4 Å². The number of nitrogens with one attached hydrogen (secondary N) is 2. The summed E-state index contributed by atoms with van der Waals surface area (Å²) in [5.41, 5.74) is 2.12. The minimum absolute atomic E-state index is 0.0335. The Morgan fingerprint density at radius 2 is 1.97 bits per heavy atom. The van der Waals surface area contributed by atoms with Crippen LogP contribution in [0.3, 0.4) is 0 Å². The molecule has 0 saturated carbocycles. The van der Waals surface area contributed by atoms with E-state index in [2.05, 4.69) is 15.5 Å². The Kier molecular flexibility index (Phi) is 6.31. The molecule has 0 aliphatic carbocycles. The Hall–Kier alpha value is -3.20. The van der Waals surface area contributed by atoms with Crippen LogP contribution in [0.2, 0.25) is 0 Å². The lowest BCUT2D eigenvalue weighted by molar-refractivity contribution is -0.122. The molecular formula is C22H25N5O3S. The average molecular weight is 440 g/mol. The lowest BCUT2D eigenvalue weighted by Gasteiger charge is -2.31. The lowest BCUT2D eigenvalue weighted by Crippen LogP contribution is -2.46. The molecule has 2 N–H and O–H groups in total. The third-order valence-corrected chi connectivity index (χ3v) is 5.82. The molecule has 2 amide bonds. The predicted molar refractivity (Wildman–Crippen MR) is 118 cm³/mol. The highest BCUT2D eigenvalue weighted by molar-refractivity contribution is 7.71. The summed E-state index contributed by atoms with van der Waals surface area (Å²) in [5.74, 6) is 0.938. The largest absolute Gasteiger partial charge is 0.459 e. The van der Waals surface area contributed by atoms with Crippen molar-refractivity contribution in [1.29, 1.82) is 0 Å². The molecule has 0 bridgehead atoms. The van der Waals surface area contributed by atoms with Crippen LogP contribution >= 0.6 is 12.2 Å². The number of aromatic amines is 1. The highest BCUT2D eigenvalue weighted by Crippen LogP contribution is 2.19. The lowest BCUT2D eigenvalue weighted by atomic mass is 10.0. The van der Waals surface area contributed by atoms with E-state index in [1.54, 1.807) is 17.0 Å². The van der Waals surface area contributed by atoms with Crippen LogP contribution in [-0.4, -0.2) is 50.6 Å². The van der Waals surface area contributed by atoms with Gasteiger partial charge in [0, 0.05) is 37.7 Å². The van der Waals surface area contributed by atoms with Crippen molar-refractivity contribution >= 4 is 24.0 Å². The van der Waals surface area contributed by atoms with Gasteiger partial charge in [0.25, 0.3) is 5.91 Å². The third-order valence-electron chi connectivity index (χ3n) is 5.51. The quantitative estimate of drug-likeness (QED) is 0.575. The highest BCUT2D eigenvalue weighted by Gasteiger charge is 2.25. The molecule has 0 atom stereocenters. The molecule has 1 fully saturated rings. The Morgan fingerprint density at radius 3 is 2.65 bits per heavy atom. The molecule has 1 aliphatic heterocycles. The zero-order chi connectivity index (χ0) is 21.8. The summed E-state index contributed by atoms with van der Waals surface area (Å²) in [6, 6.07) is 11.5. The van der Waals surface area contributed by atoms with Crippen molar-refractivity contribution < 1.29 is 14.0 Å². The number of aryl methyl sites for hydroxylation is 1. The van der Waals surface area contributed by atoms with E-state index in [4.69, 9.17) is 16.6 Å². The zero-order valence-electron chi connectivity index (χ0n) is 17.3. The summed E-state index contributed by atoms with van der Waals surface area (Å²) in [7, 11) is 0. The van der Waals surface area contributed by atoms with Gasteiger partial charge in [-0.2, -0.15) is 5.10 Å². The number of carbonyl (C=O) groups excluding carboxylic acids is 2. The van der Waals surface area contributed by atoms with Crippen LogP contribution in [0.15, 0.2) is 47.1 Å². The van der Waals surface area contributed by atoms with Gasteiger partial charge in [-0.1, -0.05) is 29.8 Å². The van der Waals surface area contributed by atoms with Crippen molar-refractivity contribution in [3.05, 3.63) is 58.8 Å². The van der Waals surface area contributed by atoms with E-state index in [-0.39, 0.29) is 17.9 Å². The monoisotopic (exact) mass is 439 g/mol. The minimum atomic E-state index is -0.104. The first-order valence-corrected chi connectivity index (χ1v) is 10.8. The summed E-state index contributed by atoms with van der Waals surface area (Å²) < 4.78 is 7.53. The first-order chi connectivity index (χ1) is 15.0. The highest BCUT2D eigenvalue weighted by atomic mass is 32.1. The summed E-state index contributed by atoms with van der Waals surface area (Å²) in [4.78, 5) is 26.6. The molecule has 4 rings (SSSR count). The molecule has 0 radical (unpaired) electrons. The molecule has 31 heavy (non-hydrogen) atoms. The van der Waals surface area contributed by atoms with Gasteiger partial charge in [-0.05, 0) is 44.1 Å². The minimum Gasteiger partial charge on any atom is -0.459 e. The first kappa shape index (κ1) is 21.0. The van der Waals surface area contributed by atoms with Crippen LogP contribution in [0.25, 0.3) is 11.4 Å². The molecule has 1 saturated heterocycles. The van der Waals surface area contributed by atoms with Crippen molar-refractivity contribution in [2.24, 2.45) is 0 Å². The predicted octanol–water partition coefficient (Wildman–Crippen LogP) is 3.32. The van der Waals surface area contributed by atoms with Gasteiger partial charge in [-0.3, -0.25) is 19.3 Å². The van der Waals surface area contributed by atoms with E-state index in [1.807, 2.05) is 35.8 Å². The fourth-order valence-corrected chi connectivity index (χ4v) is 3.97. The Bertz CT molecular complexity index is 1090. The smallest absolute Gasteiger partial charge is 0.289 e. The number of likely N-dealkylation sites (tertiary alicyclic amines) is 1. The maximum Gasteiger partial charge on any atom is 0.289 e. The van der Waals surface area contributed by atoms with Crippen LogP contribution in [0.4, 0.5) is 0 Å². The SMILES string of the molecule is Cc1ccc(-c2n[nH]c(=S)n2CCC(=O)NC2CCN(C(=O)c3ccco3)CC2)cc1. The molecule has 2 aromatic heterocycles. The molecule has 162 valence electrons. The van der Waals surface area contributed by atoms with E-state index >= 15 is 0 Å².